The Labute approximate surface area is 130 Å². The minimum Gasteiger partial charge on any atom is -0.334 e. The maximum Gasteiger partial charge on any atom is 0.325 e. The zero-order valence-corrected chi connectivity index (χ0v) is 12.8. The predicted octanol–water partition coefficient (Wildman–Crippen LogP) is 1.44. The lowest BCUT2D eigenvalue weighted by molar-refractivity contribution is -0.139. The summed E-state index contributed by atoms with van der Waals surface area (Å²) in [5, 5.41) is 2.80. The van der Waals surface area contributed by atoms with Gasteiger partial charge in [0.1, 0.15) is 12.1 Å². The van der Waals surface area contributed by atoms with Crippen LogP contribution in [-0.4, -0.2) is 52.8 Å². The number of hydrogen-bond acceptors (Lipinski definition) is 3. The molecule has 120 valence electrons. The Kier molecular flexibility index (Phi) is 5.00. The molecular weight excluding hydrogens is 282 g/mol. The minimum absolute atomic E-state index is 0.228. The summed E-state index contributed by atoms with van der Waals surface area (Å²) in [5.41, 5.74) is -0.780. The molecule has 22 heavy (non-hydrogen) atoms. The van der Waals surface area contributed by atoms with Crippen LogP contribution in [0.25, 0.3) is 0 Å². The molecule has 2 rings (SSSR count). The van der Waals surface area contributed by atoms with Gasteiger partial charge in [0.2, 0.25) is 5.91 Å². The van der Waals surface area contributed by atoms with E-state index in [0.29, 0.717) is 25.9 Å². The molecule has 1 saturated carbocycles. The van der Waals surface area contributed by atoms with E-state index in [1.54, 1.807) is 12.2 Å². The summed E-state index contributed by atoms with van der Waals surface area (Å²) in [4.78, 5) is 39.6. The van der Waals surface area contributed by atoms with Crippen molar-refractivity contribution in [2.75, 3.05) is 19.6 Å². The minimum atomic E-state index is -0.780. The number of urea groups is 1. The molecule has 1 aliphatic heterocycles. The van der Waals surface area contributed by atoms with Crippen molar-refractivity contribution in [3.8, 4) is 0 Å². The molecule has 0 unspecified atom stereocenters. The molecule has 0 atom stereocenters. The predicted molar refractivity (Wildman–Crippen MR) is 83.0 cm³/mol. The average molecular weight is 305 g/mol. The quantitative estimate of drug-likeness (QED) is 0.596. The summed E-state index contributed by atoms with van der Waals surface area (Å²) in [6.07, 6.45) is 7.46. The molecule has 1 aliphatic carbocycles. The molecule has 1 heterocycles. The monoisotopic (exact) mass is 305 g/mol. The highest BCUT2D eigenvalue weighted by atomic mass is 16.2. The molecular formula is C16H23N3O3. The number of carbonyl (C=O) groups excluding carboxylic acids is 3. The van der Waals surface area contributed by atoms with Gasteiger partial charge in [-0.2, -0.15) is 0 Å². The fourth-order valence-electron chi connectivity index (χ4n) is 3.14. The molecule has 0 bridgehead atoms. The molecule has 0 aromatic carbocycles. The normalized spacial score (nSPS) is 19.9. The molecule has 2 fully saturated rings. The summed E-state index contributed by atoms with van der Waals surface area (Å²) in [7, 11) is 0. The fraction of sp³-hybridized carbons (Fsp3) is 0.562. The number of rotatable bonds is 6. The molecule has 6 heteroatoms. The third-order valence-corrected chi connectivity index (χ3v) is 4.30. The van der Waals surface area contributed by atoms with Gasteiger partial charge in [0.15, 0.2) is 0 Å². The summed E-state index contributed by atoms with van der Waals surface area (Å²) in [5.74, 6) is -0.543. The molecule has 1 spiro atoms. The van der Waals surface area contributed by atoms with Crippen molar-refractivity contribution in [1.82, 2.24) is 15.1 Å². The number of amides is 4. The van der Waals surface area contributed by atoms with E-state index in [0.717, 1.165) is 24.2 Å². The first-order chi connectivity index (χ1) is 10.5. The smallest absolute Gasteiger partial charge is 0.325 e. The van der Waals surface area contributed by atoms with Crippen molar-refractivity contribution in [3.05, 3.63) is 25.3 Å². The van der Waals surface area contributed by atoms with Gasteiger partial charge >= 0.3 is 6.03 Å². The number of nitrogens with zero attached hydrogens (tertiary/aromatic N) is 2. The van der Waals surface area contributed by atoms with E-state index < -0.39 is 11.6 Å². The average Bonchev–Trinajstić information content (AvgIpc) is 2.72. The first-order valence-corrected chi connectivity index (χ1v) is 7.68. The van der Waals surface area contributed by atoms with Crippen molar-refractivity contribution in [1.29, 1.82) is 0 Å². The lowest BCUT2D eigenvalue weighted by Gasteiger charge is -2.30. The maximum absolute atomic E-state index is 12.6. The van der Waals surface area contributed by atoms with Gasteiger partial charge < -0.3 is 10.2 Å². The Morgan fingerprint density at radius 1 is 1.18 bits per heavy atom. The van der Waals surface area contributed by atoms with Crippen molar-refractivity contribution < 1.29 is 14.4 Å². The number of imide groups is 1. The molecule has 1 saturated heterocycles. The topological polar surface area (TPSA) is 69.7 Å². The molecule has 6 nitrogen and oxygen atoms in total. The number of nitrogens with one attached hydrogen (secondary N) is 1. The van der Waals surface area contributed by atoms with Crippen LogP contribution in [0.5, 0.6) is 0 Å². The van der Waals surface area contributed by atoms with Crippen LogP contribution in [0, 0.1) is 0 Å². The van der Waals surface area contributed by atoms with Crippen LogP contribution in [0.1, 0.15) is 32.1 Å². The van der Waals surface area contributed by atoms with Crippen molar-refractivity contribution >= 4 is 17.8 Å². The largest absolute Gasteiger partial charge is 0.334 e. The Morgan fingerprint density at radius 2 is 1.77 bits per heavy atom. The summed E-state index contributed by atoms with van der Waals surface area (Å²) >= 11 is 0. The van der Waals surface area contributed by atoms with Gasteiger partial charge in [-0.15, -0.1) is 13.2 Å². The van der Waals surface area contributed by atoms with Crippen molar-refractivity contribution in [2.45, 2.75) is 37.6 Å². The molecule has 0 aromatic rings. The van der Waals surface area contributed by atoms with Crippen LogP contribution in [0.4, 0.5) is 4.79 Å². The fourth-order valence-corrected chi connectivity index (χ4v) is 3.14. The zero-order valence-electron chi connectivity index (χ0n) is 12.8. The SMILES string of the molecule is C=CCN(CC=C)C(=O)CN1C(=O)NC2(CCCCC2)C1=O. The van der Waals surface area contributed by atoms with Crippen LogP contribution < -0.4 is 5.32 Å². The van der Waals surface area contributed by atoms with E-state index in [1.165, 1.54) is 4.90 Å². The van der Waals surface area contributed by atoms with Gasteiger partial charge in [-0.05, 0) is 12.8 Å². The van der Waals surface area contributed by atoms with Gasteiger partial charge in [0, 0.05) is 13.1 Å². The van der Waals surface area contributed by atoms with Crippen LogP contribution in [0.3, 0.4) is 0 Å². The van der Waals surface area contributed by atoms with Gasteiger partial charge in [-0.25, -0.2) is 4.79 Å². The second-order valence-corrected chi connectivity index (χ2v) is 5.84. The van der Waals surface area contributed by atoms with E-state index >= 15 is 0 Å². The number of carbonyl (C=O) groups is 3. The van der Waals surface area contributed by atoms with Crippen LogP contribution >= 0.6 is 0 Å². The highest BCUT2D eigenvalue weighted by molar-refractivity contribution is 6.09. The highest BCUT2D eigenvalue weighted by Gasteiger charge is 2.51. The Balaban J connectivity index is 2.07. The van der Waals surface area contributed by atoms with Crippen LogP contribution in [-0.2, 0) is 9.59 Å². The van der Waals surface area contributed by atoms with Crippen LogP contribution in [0.2, 0.25) is 0 Å². The maximum atomic E-state index is 12.6. The molecule has 0 aromatic heterocycles. The number of hydrogen-bond donors (Lipinski definition) is 1. The van der Waals surface area contributed by atoms with E-state index in [-0.39, 0.29) is 18.4 Å². The summed E-state index contributed by atoms with van der Waals surface area (Å²) in [6, 6.07) is -0.461. The lowest BCUT2D eigenvalue weighted by Crippen LogP contribution is -2.49. The molecule has 1 N–H and O–H groups in total. The standard InChI is InChI=1S/C16H23N3O3/c1-3-10-18(11-4-2)13(20)12-19-14(21)16(17-15(19)22)8-6-5-7-9-16/h3-4H,1-2,5-12H2,(H,17,22). The second-order valence-electron chi connectivity index (χ2n) is 5.84. The third-order valence-electron chi connectivity index (χ3n) is 4.30. The molecule has 2 aliphatic rings. The summed E-state index contributed by atoms with van der Waals surface area (Å²) < 4.78 is 0. The van der Waals surface area contributed by atoms with E-state index in [2.05, 4.69) is 18.5 Å². The zero-order chi connectivity index (χ0) is 16.2. The first kappa shape index (κ1) is 16.3. The second kappa shape index (κ2) is 6.77. The Bertz CT molecular complexity index is 485. The van der Waals surface area contributed by atoms with Gasteiger partial charge in [-0.3, -0.25) is 14.5 Å². The van der Waals surface area contributed by atoms with E-state index in [9.17, 15) is 14.4 Å². The van der Waals surface area contributed by atoms with Gasteiger partial charge in [0.05, 0.1) is 0 Å². The third kappa shape index (κ3) is 3.05. The lowest BCUT2D eigenvalue weighted by atomic mass is 9.82. The first-order valence-electron chi connectivity index (χ1n) is 7.68. The van der Waals surface area contributed by atoms with Crippen molar-refractivity contribution in [2.24, 2.45) is 0 Å². The molecule has 0 radical (unpaired) electrons. The van der Waals surface area contributed by atoms with Gasteiger partial charge in [0.25, 0.3) is 5.91 Å². The summed E-state index contributed by atoms with van der Waals surface area (Å²) in [6.45, 7) is 7.71. The van der Waals surface area contributed by atoms with E-state index in [4.69, 9.17) is 0 Å². The van der Waals surface area contributed by atoms with Crippen LogP contribution in [0.15, 0.2) is 25.3 Å². The Morgan fingerprint density at radius 3 is 2.32 bits per heavy atom. The van der Waals surface area contributed by atoms with Crippen molar-refractivity contribution in [3.63, 3.8) is 0 Å². The van der Waals surface area contributed by atoms with E-state index in [1.807, 2.05) is 0 Å². The van der Waals surface area contributed by atoms with Gasteiger partial charge in [-0.1, -0.05) is 31.4 Å². The Hall–Kier alpha value is -2.11. The highest BCUT2D eigenvalue weighted by Crippen LogP contribution is 2.33. The molecule has 4 amide bonds.